The van der Waals surface area contributed by atoms with Gasteiger partial charge in [0, 0.05) is 21.5 Å². The Labute approximate surface area is 114 Å². The molecule has 20 heavy (non-hydrogen) atoms. The molecule has 3 aromatic carbocycles. The van der Waals surface area contributed by atoms with Gasteiger partial charge in [-0.2, -0.15) is 10.4 Å². The molecule has 2 N–H and O–H groups in total. The van der Waals surface area contributed by atoms with Crippen LogP contribution in [0.5, 0.6) is 0 Å². The normalized spacial score (nSPS) is 9.60. The molecule has 94 valence electrons. The van der Waals surface area contributed by atoms with Crippen molar-refractivity contribution < 1.29 is 10.4 Å². The van der Waals surface area contributed by atoms with Gasteiger partial charge in [-0.25, -0.2) is 0 Å². The van der Waals surface area contributed by atoms with Gasteiger partial charge in [0.2, 0.25) is 10.0 Å². The predicted octanol–water partition coefficient (Wildman–Crippen LogP) is 4.13. The Hall–Kier alpha value is -3.24. The fraction of sp³-hybridized carbons (Fsp3) is 0. The second-order valence-electron chi connectivity index (χ2n) is 4.26. The highest BCUT2D eigenvalue weighted by atomic mass is 16.4. The third kappa shape index (κ3) is 1.68. The summed E-state index contributed by atoms with van der Waals surface area (Å²) in [7, 11) is 0. The molecule has 0 aliphatic heterocycles. The van der Waals surface area contributed by atoms with Crippen LogP contribution in [-0.4, -0.2) is 10.4 Å². The molecule has 0 spiro atoms. The van der Waals surface area contributed by atoms with E-state index in [1.165, 1.54) is 0 Å². The average molecular weight is 262 g/mol. The molecule has 0 heterocycles. The highest BCUT2D eigenvalue weighted by molar-refractivity contribution is 6.09. The maximum Gasteiger partial charge on any atom is 0.389 e. The maximum atomic E-state index is 8.85. The first-order valence-corrected chi connectivity index (χ1v) is 6.00. The van der Waals surface area contributed by atoms with E-state index in [2.05, 4.69) is 22.2 Å². The number of rotatable bonds is 0. The molecule has 0 atom stereocenters. The molecular weight excluding hydrogens is 252 g/mol. The fourth-order valence-corrected chi connectivity index (χ4v) is 2.47. The van der Waals surface area contributed by atoms with Gasteiger partial charge in [0.15, 0.2) is 0 Å². The third-order valence-electron chi connectivity index (χ3n) is 3.26. The number of hydrogen-bond acceptors (Lipinski definition) is 2. The Kier molecular flexibility index (Phi) is 2.84. The lowest BCUT2D eigenvalue weighted by Crippen LogP contribution is -1.89. The zero-order valence-corrected chi connectivity index (χ0v) is 10.4. The molecule has 0 fully saturated rings. The minimum Gasteiger partial charge on any atom is -0.177 e. The van der Waals surface area contributed by atoms with Crippen molar-refractivity contribution in [3.8, 4) is 12.1 Å². The number of benzene rings is 3. The van der Waals surface area contributed by atoms with Gasteiger partial charge in [-0.1, -0.05) is 48.5 Å². The molecule has 0 aliphatic carbocycles. The summed E-state index contributed by atoms with van der Waals surface area (Å²) >= 11 is 0. The zero-order chi connectivity index (χ0) is 13.9. The second-order valence-corrected chi connectivity index (χ2v) is 4.26. The van der Waals surface area contributed by atoms with Crippen LogP contribution in [0.15, 0.2) is 48.5 Å². The first kappa shape index (κ1) is 11.8. The minimum atomic E-state index is 0.696. The molecule has 0 aliphatic rings. The summed E-state index contributed by atoms with van der Waals surface area (Å²) < 4.78 is 0. The molecule has 3 aromatic rings. The van der Waals surface area contributed by atoms with Crippen LogP contribution in [-0.2, 0) is 0 Å². The average Bonchev–Trinajstić information content (AvgIpc) is 2.50. The van der Waals surface area contributed by atoms with Gasteiger partial charge >= 0.3 is 12.1 Å². The third-order valence-corrected chi connectivity index (χ3v) is 3.26. The summed E-state index contributed by atoms with van der Waals surface area (Å²) in [6, 6.07) is 20.4. The Bertz CT molecular complexity index is 806. The van der Waals surface area contributed by atoms with E-state index in [1.54, 1.807) is 0 Å². The lowest BCUT2D eigenvalue weighted by molar-refractivity contribution is 0.464. The van der Waals surface area contributed by atoms with E-state index in [0.717, 1.165) is 21.5 Å². The monoisotopic (exact) mass is 262 g/mol. The summed E-state index contributed by atoms with van der Waals surface area (Å²) in [4.78, 5) is 0. The van der Waals surface area contributed by atoms with Crippen molar-refractivity contribution in [1.29, 1.82) is 0 Å². The molecule has 3 rings (SSSR count). The lowest BCUT2D eigenvalue weighted by atomic mass is 9.93. The fourth-order valence-electron chi connectivity index (χ4n) is 2.47. The second kappa shape index (κ2) is 4.79. The van der Waals surface area contributed by atoms with Gasteiger partial charge in [-0.05, 0) is 0 Å². The van der Waals surface area contributed by atoms with E-state index in [-0.39, 0.29) is 0 Å². The summed E-state index contributed by atoms with van der Waals surface area (Å²) in [5.41, 5.74) is 1.39. The van der Waals surface area contributed by atoms with Crippen LogP contribution in [0.1, 0.15) is 11.1 Å². The first-order chi connectivity index (χ1) is 9.86. The van der Waals surface area contributed by atoms with Gasteiger partial charge in [0.1, 0.15) is 11.1 Å². The van der Waals surface area contributed by atoms with Crippen LogP contribution in [0, 0.1) is 12.1 Å². The summed E-state index contributed by atoms with van der Waals surface area (Å²) in [5.74, 6) is 0. The first-order valence-electron chi connectivity index (χ1n) is 6.00. The van der Waals surface area contributed by atoms with E-state index in [1.807, 2.05) is 48.5 Å². The van der Waals surface area contributed by atoms with Gasteiger partial charge in [-0.15, -0.1) is 0 Å². The van der Waals surface area contributed by atoms with E-state index >= 15 is 0 Å². The van der Waals surface area contributed by atoms with Crippen molar-refractivity contribution in [1.82, 2.24) is 0 Å². The van der Waals surface area contributed by atoms with E-state index < -0.39 is 0 Å². The van der Waals surface area contributed by atoms with E-state index in [0.29, 0.717) is 11.1 Å². The maximum absolute atomic E-state index is 8.85. The van der Waals surface area contributed by atoms with Crippen LogP contribution in [0.3, 0.4) is 0 Å². The number of nitrogens with zero attached hydrogens (tertiary/aromatic N) is 2. The molecule has 0 aromatic heterocycles. The number of hydrogen-bond donors (Lipinski definition) is 2. The molecule has 0 amide bonds. The van der Waals surface area contributed by atoms with Crippen LogP contribution in [0.25, 0.3) is 31.6 Å². The van der Waals surface area contributed by atoms with Crippen molar-refractivity contribution in [3.63, 3.8) is 0 Å². The van der Waals surface area contributed by atoms with Gasteiger partial charge in [0.05, 0.1) is 0 Å². The highest BCUT2D eigenvalue weighted by Gasteiger charge is 2.17. The molecule has 4 heteroatoms. The molecular formula is C16H10N2O2+2. The summed E-state index contributed by atoms with van der Waals surface area (Å²) in [6.45, 7) is 0. The Balaban J connectivity index is 2.66. The largest absolute Gasteiger partial charge is 0.389 e. The van der Waals surface area contributed by atoms with E-state index in [9.17, 15) is 0 Å². The standard InChI is InChI=1S/C16H8N2O2/c19-17-9-15-11-5-1-2-6-12(11)16(10-18-20)14-8-4-3-7-13(14)15/h1-8H/p+2. The SMILES string of the molecule is O[N+]#Cc1c2ccccc2c(C#[N+]O)c2ccccc12. The van der Waals surface area contributed by atoms with Gasteiger partial charge in [0.25, 0.3) is 0 Å². The van der Waals surface area contributed by atoms with Crippen molar-refractivity contribution in [3.05, 3.63) is 69.7 Å². The van der Waals surface area contributed by atoms with Crippen molar-refractivity contribution >= 4 is 21.5 Å². The Morgan fingerprint density at radius 1 is 0.600 bits per heavy atom. The summed E-state index contributed by atoms with van der Waals surface area (Å²) in [6.07, 6.45) is 0. The van der Waals surface area contributed by atoms with Gasteiger partial charge < -0.3 is 0 Å². The van der Waals surface area contributed by atoms with Crippen LogP contribution < -0.4 is 0 Å². The zero-order valence-electron chi connectivity index (χ0n) is 10.4. The molecule has 0 saturated carbocycles. The van der Waals surface area contributed by atoms with Crippen LogP contribution in [0.2, 0.25) is 0 Å². The predicted molar refractivity (Wildman–Crippen MR) is 77.7 cm³/mol. The van der Waals surface area contributed by atoms with Crippen molar-refractivity contribution in [2.75, 3.05) is 0 Å². The van der Waals surface area contributed by atoms with Crippen LogP contribution >= 0.6 is 0 Å². The molecule has 0 radical (unpaired) electrons. The smallest absolute Gasteiger partial charge is 0.177 e. The topological polar surface area (TPSA) is 49.2 Å². The highest BCUT2D eigenvalue weighted by Crippen LogP contribution is 2.32. The van der Waals surface area contributed by atoms with Crippen molar-refractivity contribution in [2.24, 2.45) is 0 Å². The lowest BCUT2D eigenvalue weighted by Gasteiger charge is -2.05. The Morgan fingerprint density at radius 3 is 1.15 bits per heavy atom. The quantitative estimate of drug-likeness (QED) is 0.472. The molecule has 0 saturated heterocycles. The molecule has 0 bridgehead atoms. The minimum absolute atomic E-state index is 0.696. The van der Waals surface area contributed by atoms with Crippen molar-refractivity contribution in [2.45, 2.75) is 0 Å². The Morgan fingerprint density at radius 2 is 0.900 bits per heavy atom. The number of fused-ring (bicyclic) bond motifs is 2. The van der Waals surface area contributed by atoms with E-state index in [4.69, 9.17) is 10.4 Å². The van der Waals surface area contributed by atoms with Gasteiger partial charge in [-0.3, -0.25) is 0 Å². The summed E-state index contributed by atoms with van der Waals surface area (Å²) in [5, 5.41) is 27.2. The molecule has 0 unspecified atom stereocenters. The van der Waals surface area contributed by atoms with Crippen LogP contribution in [0.4, 0.5) is 0 Å². The molecule has 4 nitrogen and oxygen atoms in total.